The number of rotatable bonds is 1. The molecule has 0 bridgehead atoms. The zero-order valence-electron chi connectivity index (χ0n) is 6.63. The van der Waals surface area contributed by atoms with Crippen LogP contribution in [-0.2, 0) is 0 Å². The molecule has 0 saturated heterocycles. The quantitative estimate of drug-likeness (QED) is 0.505. The normalized spacial score (nSPS) is 9.42. The van der Waals surface area contributed by atoms with Crippen LogP contribution in [0.2, 0.25) is 0 Å². The highest BCUT2D eigenvalue weighted by atomic mass is 79.9. The van der Waals surface area contributed by atoms with Gasteiger partial charge in [-0.05, 0) is 18.2 Å². The summed E-state index contributed by atoms with van der Waals surface area (Å²) in [7, 11) is 0. The van der Waals surface area contributed by atoms with Crippen LogP contribution in [0.1, 0.15) is 5.56 Å². The molecule has 0 aliphatic carbocycles. The van der Waals surface area contributed by atoms with Gasteiger partial charge in [0.1, 0.15) is 0 Å². The first-order valence-electron chi connectivity index (χ1n) is 3.71. The molecule has 60 valence electrons. The molecule has 0 amide bonds. The number of hydrogen-bond donors (Lipinski definition) is 0. The fourth-order valence-corrected chi connectivity index (χ4v) is 0.937. The van der Waals surface area contributed by atoms with E-state index in [0.29, 0.717) is 0 Å². The van der Waals surface area contributed by atoms with E-state index < -0.39 is 0 Å². The molecule has 0 heterocycles. The van der Waals surface area contributed by atoms with Gasteiger partial charge in [-0.3, -0.25) is 0 Å². The Morgan fingerprint density at radius 2 is 2.00 bits per heavy atom. The van der Waals surface area contributed by atoms with Crippen molar-refractivity contribution in [2.75, 3.05) is 5.33 Å². The molecule has 0 spiro atoms. The summed E-state index contributed by atoms with van der Waals surface area (Å²) in [5.41, 5.74) is 1.05. The summed E-state index contributed by atoms with van der Waals surface area (Å²) in [5, 5.41) is 0.858. The molecule has 1 aromatic carbocycles. The van der Waals surface area contributed by atoms with E-state index in [1.165, 1.54) is 0 Å². The highest BCUT2D eigenvalue weighted by Crippen LogP contribution is 1.94. The predicted molar refractivity (Wildman–Crippen MR) is 56.3 cm³/mol. The number of allylic oxidation sites excluding steroid dienone is 2. The average molecular weight is 221 g/mol. The van der Waals surface area contributed by atoms with Crippen LogP contribution >= 0.6 is 15.9 Å². The monoisotopic (exact) mass is 220 g/mol. The van der Waals surface area contributed by atoms with Crippen LogP contribution in [-0.4, -0.2) is 5.33 Å². The van der Waals surface area contributed by atoms with Crippen molar-refractivity contribution in [2.24, 2.45) is 0 Å². The third-order valence-electron chi connectivity index (χ3n) is 1.28. The van der Waals surface area contributed by atoms with Gasteiger partial charge in [0.05, 0.1) is 0 Å². The van der Waals surface area contributed by atoms with Crippen LogP contribution in [0, 0.1) is 11.8 Å². The molecule has 0 aliphatic heterocycles. The Bertz CT molecular complexity index is 301. The van der Waals surface area contributed by atoms with Gasteiger partial charge in [-0.15, -0.1) is 0 Å². The first-order chi connectivity index (χ1) is 5.93. The van der Waals surface area contributed by atoms with Crippen LogP contribution in [0.3, 0.4) is 0 Å². The van der Waals surface area contributed by atoms with Crippen molar-refractivity contribution in [3.8, 4) is 11.8 Å². The van der Waals surface area contributed by atoms with Gasteiger partial charge in [0.2, 0.25) is 0 Å². The maximum atomic E-state index is 3.28. The minimum atomic E-state index is 0.858. The fraction of sp³-hybridized carbons (Fsp3) is 0.0909. The van der Waals surface area contributed by atoms with Gasteiger partial charge in [0.25, 0.3) is 0 Å². The Hall–Kier alpha value is -1.00. The van der Waals surface area contributed by atoms with Gasteiger partial charge in [0, 0.05) is 10.9 Å². The first-order valence-corrected chi connectivity index (χ1v) is 4.83. The molecule has 1 heteroatoms. The van der Waals surface area contributed by atoms with E-state index in [0.717, 1.165) is 10.9 Å². The van der Waals surface area contributed by atoms with Gasteiger partial charge in [0.15, 0.2) is 0 Å². The zero-order valence-corrected chi connectivity index (χ0v) is 8.21. The van der Waals surface area contributed by atoms with Gasteiger partial charge in [-0.1, -0.05) is 52.0 Å². The summed E-state index contributed by atoms with van der Waals surface area (Å²) in [6, 6.07) is 9.94. The zero-order chi connectivity index (χ0) is 8.65. The molecule has 0 saturated carbocycles. The number of hydrogen-bond acceptors (Lipinski definition) is 0. The van der Waals surface area contributed by atoms with E-state index >= 15 is 0 Å². The highest BCUT2D eigenvalue weighted by molar-refractivity contribution is 9.09. The van der Waals surface area contributed by atoms with E-state index in [1.807, 2.05) is 42.5 Å². The highest BCUT2D eigenvalue weighted by Gasteiger charge is 1.78. The third-order valence-corrected chi connectivity index (χ3v) is 1.65. The van der Waals surface area contributed by atoms with Crippen molar-refractivity contribution >= 4 is 15.9 Å². The lowest BCUT2D eigenvalue weighted by molar-refractivity contribution is 1.65. The summed E-state index contributed by atoms with van der Waals surface area (Å²) in [6.07, 6.45) is 3.82. The molecule has 0 radical (unpaired) electrons. The number of alkyl halides is 1. The molecule has 0 fully saturated rings. The topological polar surface area (TPSA) is 0 Å². The molecule has 1 rings (SSSR count). The summed E-state index contributed by atoms with van der Waals surface area (Å²) >= 11 is 3.28. The maximum Gasteiger partial charge on any atom is 0.0248 e. The summed E-state index contributed by atoms with van der Waals surface area (Å²) in [5.74, 6) is 5.96. The van der Waals surface area contributed by atoms with E-state index in [2.05, 4.69) is 27.8 Å². The molecular weight excluding hydrogens is 212 g/mol. The largest absolute Gasteiger partial charge is 0.0883 e. The van der Waals surface area contributed by atoms with Crippen LogP contribution in [0.25, 0.3) is 0 Å². The average Bonchev–Trinajstić information content (AvgIpc) is 2.14. The van der Waals surface area contributed by atoms with Crippen molar-refractivity contribution in [1.29, 1.82) is 0 Å². The Morgan fingerprint density at radius 1 is 1.25 bits per heavy atom. The summed E-state index contributed by atoms with van der Waals surface area (Å²) in [6.45, 7) is 0. The Morgan fingerprint density at radius 3 is 2.67 bits per heavy atom. The molecule has 0 unspecified atom stereocenters. The molecule has 12 heavy (non-hydrogen) atoms. The van der Waals surface area contributed by atoms with Gasteiger partial charge in [-0.25, -0.2) is 0 Å². The second-order valence-corrected chi connectivity index (χ2v) is 2.84. The lowest BCUT2D eigenvalue weighted by atomic mass is 10.2. The van der Waals surface area contributed by atoms with Crippen molar-refractivity contribution in [3.63, 3.8) is 0 Å². The summed E-state index contributed by atoms with van der Waals surface area (Å²) in [4.78, 5) is 0. The Labute approximate surface area is 81.4 Å². The standard InChI is InChI=1S/C11H9Br/c12-10-6-2-5-9-11-7-3-1-4-8-11/h1-4,6-8H,10H2/b6-2-. The molecule has 1 aromatic rings. The molecular formula is C11H9Br. The van der Waals surface area contributed by atoms with Crippen LogP contribution in [0.15, 0.2) is 42.5 Å². The van der Waals surface area contributed by atoms with Crippen molar-refractivity contribution in [3.05, 3.63) is 48.0 Å². The van der Waals surface area contributed by atoms with Crippen LogP contribution in [0.5, 0.6) is 0 Å². The Balaban J connectivity index is 2.61. The minimum absolute atomic E-state index is 0.858. The predicted octanol–water partition coefficient (Wildman–Crippen LogP) is 2.99. The van der Waals surface area contributed by atoms with Crippen molar-refractivity contribution in [1.82, 2.24) is 0 Å². The molecule has 0 nitrogen and oxygen atoms in total. The lowest BCUT2D eigenvalue weighted by Crippen LogP contribution is -1.68. The van der Waals surface area contributed by atoms with Gasteiger partial charge in [-0.2, -0.15) is 0 Å². The van der Waals surface area contributed by atoms with E-state index in [-0.39, 0.29) is 0 Å². The van der Waals surface area contributed by atoms with E-state index in [1.54, 1.807) is 0 Å². The van der Waals surface area contributed by atoms with Crippen molar-refractivity contribution in [2.45, 2.75) is 0 Å². The van der Waals surface area contributed by atoms with E-state index in [9.17, 15) is 0 Å². The first kappa shape index (κ1) is 9.09. The Kier molecular flexibility index (Phi) is 4.26. The third kappa shape index (κ3) is 3.41. The fourth-order valence-electron chi connectivity index (χ4n) is 0.750. The minimum Gasteiger partial charge on any atom is -0.0883 e. The second-order valence-electron chi connectivity index (χ2n) is 2.19. The summed E-state index contributed by atoms with van der Waals surface area (Å²) < 4.78 is 0. The van der Waals surface area contributed by atoms with E-state index in [4.69, 9.17) is 0 Å². The van der Waals surface area contributed by atoms with Crippen molar-refractivity contribution < 1.29 is 0 Å². The van der Waals surface area contributed by atoms with Gasteiger partial charge < -0.3 is 0 Å². The maximum absolute atomic E-state index is 3.28. The van der Waals surface area contributed by atoms with Gasteiger partial charge >= 0.3 is 0 Å². The van der Waals surface area contributed by atoms with Crippen LogP contribution < -0.4 is 0 Å². The molecule has 0 aliphatic rings. The lowest BCUT2D eigenvalue weighted by Gasteiger charge is -1.84. The van der Waals surface area contributed by atoms with Crippen LogP contribution in [0.4, 0.5) is 0 Å². The second kappa shape index (κ2) is 5.62. The SMILES string of the molecule is BrC/C=C\C#Cc1ccccc1. The number of benzene rings is 1. The number of halogens is 1. The molecule has 0 atom stereocenters. The smallest absolute Gasteiger partial charge is 0.0248 e. The molecule has 0 aromatic heterocycles. The molecule has 0 N–H and O–H groups in total.